The van der Waals surface area contributed by atoms with Crippen molar-refractivity contribution >= 4 is 11.6 Å². The molecule has 1 amide bonds. The van der Waals surface area contributed by atoms with Gasteiger partial charge in [-0.25, -0.2) is 13.9 Å². The van der Waals surface area contributed by atoms with E-state index in [-0.39, 0.29) is 34.9 Å². The zero-order chi connectivity index (χ0) is 28.0. The number of alkyl halides is 2. The number of aromatic nitrogens is 4. The van der Waals surface area contributed by atoms with Crippen LogP contribution in [0.25, 0.3) is 16.9 Å². The number of rotatable bonds is 5. The maximum atomic E-state index is 15.3. The predicted octanol–water partition coefficient (Wildman–Crippen LogP) is 3.80. The number of benzene rings is 1. The summed E-state index contributed by atoms with van der Waals surface area (Å²) in [5, 5.41) is 17.2. The van der Waals surface area contributed by atoms with Crippen molar-refractivity contribution in [2.45, 2.75) is 50.3 Å². The van der Waals surface area contributed by atoms with Crippen molar-refractivity contribution in [3.8, 4) is 17.0 Å². The number of halogens is 3. The van der Waals surface area contributed by atoms with Gasteiger partial charge in [0.05, 0.1) is 28.7 Å². The summed E-state index contributed by atoms with van der Waals surface area (Å²) in [7, 11) is 0. The molecule has 2 unspecified atom stereocenters. The van der Waals surface area contributed by atoms with E-state index in [1.807, 2.05) is 6.92 Å². The van der Waals surface area contributed by atoms with E-state index < -0.39 is 29.9 Å². The summed E-state index contributed by atoms with van der Waals surface area (Å²) in [5.41, 5.74) is 8.51. The van der Waals surface area contributed by atoms with Crippen LogP contribution in [0.2, 0.25) is 0 Å². The van der Waals surface area contributed by atoms with Gasteiger partial charge in [-0.05, 0) is 48.9 Å². The first-order chi connectivity index (χ1) is 19.1. The molecule has 206 valence electrons. The van der Waals surface area contributed by atoms with Crippen molar-refractivity contribution in [3.05, 3.63) is 76.6 Å². The summed E-state index contributed by atoms with van der Waals surface area (Å²) in [4.78, 5) is 22.1. The number of nitrogens with zero attached hydrogens (tertiary/aromatic N) is 4. The van der Waals surface area contributed by atoms with Gasteiger partial charge in [-0.1, -0.05) is 13.0 Å². The number of carbonyl (C=O) groups excluding carboxylic acids is 1. The molecular formula is C28H25F3N6O3. The Morgan fingerprint density at radius 1 is 1.27 bits per heavy atom. The van der Waals surface area contributed by atoms with Gasteiger partial charge in [-0.3, -0.25) is 9.78 Å². The molecule has 4 N–H and O–H groups in total. The van der Waals surface area contributed by atoms with Gasteiger partial charge in [0.1, 0.15) is 11.6 Å². The second kappa shape index (κ2) is 8.48. The fraction of sp³-hybridized carbons (Fsp3) is 0.357. The number of aliphatic hydroxyl groups is 1. The second-order valence-corrected chi connectivity index (χ2v) is 11.3. The van der Waals surface area contributed by atoms with E-state index in [1.165, 1.54) is 24.4 Å². The minimum absolute atomic E-state index is 0.0307. The molecule has 3 aliphatic rings. The molecule has 1 aliphatic heterocycles. The predicted molar refractivity (Wildman–Crippen MR) is 136 cm³/mol. The Hall–Kier alpha value is -4.03. The molecule has 40 heavy (non-hydrogen) atoms. The monoisotopic (exact) mass is 550 g/mol. The molecule has 0 radical (unpaired) electrons. The molecule has 9 nitrogen and oxygen atoms in total. The van der Waals surface area contributed by atoms with Crippen LogP contribution in [0, 0.1) is 11.2 Å². The highest BCUT2D eigenvalue weighted by Gasteiger charge is 2.52. The van der Waals surface area contributed by atoms with Gasteiger partial charge in [0, 0.05) is 47.2 Å². The Labute approximate surface area is 226 Å². The maximum Gasteiger partial charge on any atom is 0.387 e. The van der Waals surface area contributed by atoms with Gasteiger partial charge < -0.3 is 20.9 Å². The topological polar surface area (TPSA) is 128 Å². The number of nitrogens with one attached hydrogen (secondary N) is 1. The fourth-order valence-electron chi connectivity index (χ4n) is 6.80. The Bertz CT molecular complexity index is 1700. The number of fused-ring (bicyclic) bond motifs is 9. The van der Waals surface area contributed by atoms with Crippen LogP contribution in [0.15, 0.2) is 42.7 Å². The van der Waals surface area contributed by atoms with Crippen LogP contribution in [0.5, 0.6) is 5.75 Å². The van der Waals surface area contributed by atoms with Crippen molar-refractivity contribution < 1.29 is 27.8 Å². The molecule has 4 heterocycles. The Kier molecular flexibility index (Phi) is 5.30. The number of amides is 1. The molecule has 0 saturated heterocycles. The van der Waals surface area contributed by atoms with Crippen LogP contribution in [0.4, 0.5) is 13.2 Å². The van der Waals surface area contributed by atoms with Crippen LogP contribution in [0.1, 0.15) is 71.0 Å². The van der Waals surface area contributed by atoms with Crippen LogP contribution < -0.4 is 15.8 Å². The SMILES string of the molecule is CC1(CO)CC(N)(c2ncc(-c3ccn4nc5c(c4n3)C3CC5NC(=O)c4cccc(OC(F)F)c43)cc2F)C1. The molecule has 1 aromatic carbocycles. The van der Waals surface area contributed by atoms with Crippen LogP contribution in [-0.2, 0) is 5.54 Å². The molecule has 0 spiro atoms. The minimum atomic E-state index is -3.06. The van der Waals surface area contributed by atoms with Crippen molar-refractivity contribution in [1.29, 1.82) is 0 Å². The molecule has 4 aromatic rings. The lowest BCUT2D eigenvalue weighted by atomic mass is 9.57. The number of nitrogens with two attached hydrogens (primary N) is 1. The molecule has 1 saturated carbocycles. The van der Waals surface area contributed by atoms with E-state index in [2.05, 4.69) is 15.4 Å². The number of carbonyl (C=O) groups is 1. The lowest BCUT2D eigenvalue weighted by Crippen LogP contribution is -2.56. The second-order valence-electron chi connectivity index (χ2n) is 11.3. The van der Waals surface area contributed by atoms with Crippen molar-refractivity contribution in [2.24, 2.45) is 11.1 Å². The Morgan fingerprint density at radius 2 is 2.08 bits per heavy atom. The quantitative estimate of drug-likeness (QED) is 0.345. The molecule has 2 aliphatic carbocycles. The molecule has 3 aromatic heterocycles. The highest BCUT2D eigenvalue weighted by atomic mass is 19.3. The number of hydrogen-bond donors (Lipinski definition) is 3. The highest BCUT2D eigenvalue weighted by molar-refractivity contribution is 5.98. The normalized spacial score (nSPS) is 26.7. The van der Waals surface area contributed by atoms with Crippen LogP contribution in [0.3, 0.4) is 0 Å². The number of hydrogen-bond acceptors (Lipinski definition) is 7. The van der Waals surface area contributed by atoms with Crippen molar-refractivity contribution in [2.75, 3.05) is 6.61 Å². The minimum Gasteiger partial charge on any atom is -0.434 e. The first kappa shape index (κ1) is 25.0. The van der Waals surface area contributed by atoms with Gasteiger partial charge >= 0.3 is 6.61 Å². The van der Waals surface area contributed by atoms with E-state index in [4.69, 9.17) is 15.5 Å². The van der Waals surface area contributed by atoms with E-state index in [1.54, 1.807) is 22.8 Å². The number of ether oxygens (including phenoxy) is 1. The molecule has 7 rings (SSSR count). The largest absolute Gasteiger partial charge is 0.434 e. The summed E-state index contributed by atoms with van der Waals surface area (Å²) < 4.78 is 48.2. The van der Waals surface area contributed by atoms with Crippen molar-refractivity contribution in [3.63, 3.8) is 0 Å². The smallest absolute Gasteiger partial charge is 0.387 e. The van der Waals surface area contributed by atoms with Gasteiger partial charge in [0.25, 0.3) is 5.91 Å². The third-order valence-electron chi connectivity index (χ3n) is 8.35. The summed E-state index contributed by atoms with van der Waals surface area (Å²) in [6.45, 7) is -1.19. The average Bonchev–Trinajstić information content (AvgIpc) is 3.39. The molecule has 1 fully saturated rings. The summed E-state index contributed by atoms with van der Waals surface area (Å²) in [5.74, 6) is -1.48. The first-order valence-electron chi connectivity index (χ1n) is 12.9. The van der Waals surface area contributed by atoms with Crippen LogP contribution >= 0.6 is 0 Å². The van der Waals surface area contributed by atoms with Crippen LogP contribution in [-0.4, -0.2) is 43.8 Å². The fourth-order valence-corrected chi connectivity index (χ4v) is 6.80. The van der Waals surface area contributed by atoms with Gasteiger partial charge in [-0.15, -0.1) is 0 Å². The van der Waals surface area contributed by atoms with E-state index in [0.717, 1.165) is 0 Å². The first-order valence-corrected chi connectivity index (χ1v) is 12.9. The lowest BCUT2D eigenvalue weighted by molar-refractivity contribution is -0.0505. The van der Waals surface area contributed by atoms with Gasteiger partial charge in [-0.2, -0.15) is 13.9 Å². The van der Waals surface area contributed by atoms with Crippen molar-refractivity contribution in [1.82, 2.24) is 24.9 Å². The molecule has 2 atom stereocenters. The summed E-state index contributed by atoms with van der Waals surface area (Å²) >= 11 is 0. The third-order valence-corrected chi connectivity index (χ3v) is 8.35. The summed E-state index contributed by atoms with van der Waals surface area (Å²) in [6, 6.07) is 7.10. The Morgan fingerprint density at radius 3 is 2.80 bits per heavy atom. The van der Waals surface area contributed by atoms with Gasteiger partial charge in [0.15, 0.2) is 5.65 Å². The zero-order valence-electron chi connectivity index (χ0n) is 21.4. The molecular weight excluding hydrogens is 525 g/mol. The summed E-state index contributed by atoms with van der Waals surface area (Å²) in [6.07, 6.45) is 4.46. The lowest BCUT2D eigenvalue weighted by Gasteiger charge is -2.51. The number of pyridine rings is 1. The number of aliphatic hydroxyl groups excluding tert-OH is 1. The average molecular weight is 551 g/mol. The third kappa shape index (κ3) is 3.62. The maximum absolute atomic E-state index is 15.3. The van der Waals surface area contributed by atoms with E-state index in [9.17, 15) is 18.7 Å². The van der Waals surface area contributed by atoms with Gasteiger partial charge in [0.2, 0.25) is 0 Å². The van der Waals surface area contributed by atoms with E-state index in [0.29, 0.717) is 53.0 Å². The Balaban J connectivity index is 1.31. The van der Waals surface area contributed by atoms with E-state index >= 15 is 4.39 Å². The highest BCUT2D eigenvalue weighted by Crippen LogP contribution is 2.53. The standard InChI is InChI=1S/C28H25F3N6O3/c1-27(12-38)10-28(32,11-27)23-16(29)7-13(9-33-23)17-5-6-37-24(34-17)21-15-8-18(22(21)36-37)35-25(39)14-3-2-4-19(20(14)15)40-26(30)31/h2-7,9,15,18,26,38H,8,10-12,32H2,1H3,(H,35,39). The molecule has 2 bridgehead atoms. The molecule has 12 heteroatoms. The zero-order valence-corrected chi connectivity index (χ0v) is 21.4.